The summed E-state index contributed by atoms with van der Waals surface area (Å²) >= 11 is 0. The largest absolute Gasteiger partial charge is 0.342 e. The molecule has 2 aliphatic heterocycles. The molecule has 9 heteroatoms. The number of likely N-dealkylation sites (tertiary alicyclic amines) is 1. The van der Waals surface area contributed by atoms with Gasteiger partial charge in [-0.05, 0) is 43.9 Å². The zero-order valence-electron chi connectivity index (χ0n) is 17.5. The van der Waals surface area contributed by atoms with Crippen LogP contribution in [0.1, 0.15) is 39.5 Å². The number of piperidine rings is 1. The minimum Gasteiger partial charge on any atom is -0.342 e. The molecule has 0 spiro atoms. The Morgan fingerprint density at radius 3 is 2.50 bits per heavy atom. The molecule has 1 aromatic rings. The lowest BCUT2D eigenvalue weighted by Gasteiger charge is -2.34. The summed E-state index contributed by atoms with van der Waals surface area (Å²) in [5, 5.41) is 8.09. The van der Waals surface area contributed by atoms with Crippen molar-refractivity contribution in [3.8, 4) is 0 Å². The summed E-state index contributed by atoms with van der Waals surface area (Å²) < 4.78 is 14.2. The quantitative estimate of drug-likeness (QED) is 0.662. The Morgan fingerprint density at radius 1 is 1.20 bits per heavy atom. The van der Waals surface area contributed by atoms with Crippen LogP contribution in [0.5, 0.6) is 0 Å². The SMILES string of the molecule is CCC(CC)C(=O)N1CCC(NC(=O)Nc2cc(N3CCNC3=O)ccc2F)CC1. The number of nitrogens with zero attached hydrogens (tertiary/aromatic N) is 2. The number of halogens is 1. The topological polar surface area (TPSA) is 93.8 Å². The lowest BCUT2D eigenvalue weighted by atomic mass is 9.98. The second kappa shape index (κ2) is 9.77. The van der Waals surface area contributed by atoms with Crippen molar-refractivity contribution in [2.45, 2.75) is 45.6 Å². The number of carbonyl (C=O) groups excluding carboxylic acids is 3. The van der Waals surface area contributed by atoms with Crippen LogP contribution in [0.3, 0.4) is 0 Å². The van der Waals surface area contributed by atoms with Gasteiger partial charge in [-0.1, -0.05) is 13.8 Å². The molecule has 0 saturated carbocycles. The number of rotatable bonds is 6. The number of anilines is 2. The fourth-order valence-electron chi connectivity index (χ4n) is 3.98. The van der Waals surface area contributed by atoms with Crippen molar-refractivity contribution >= 4 is 29.3 Å². The van der Waals surface area contributed by atoms with E-state index in [1.165, 1.54) is 23.1 Å². The average molecular weight is 420 g/mol. The Morgan fingerprint density at radius 2 is 1.90 bits per heavy atom. The first-order valence-electron chi connectivity index (χ1n) is 10.6. The van der Waals surface area contributed by atoms with Gasteiger partial charge in [0.1, 0.15) is 5.82 Å². The van der Waals surface area contributed by atoms with Gasteiger partial charge in [-0.25, -0.2) is 14.0 Å². The maximum absolute atomic E-state index is 14.2. The number of amides is 5. The maximum atomic E-state index is 14.2. The number of hydrogen-bond donors (Lipinski definition) is 3. The van der Waals surface area contributed by atoms with Gasteiger partial charge in [0, 0.05) is 43.8 Å². The fourth-order valence-corrected chi connectivity index (χ4v) is 3.98. The zero-order valence-corrected chi connectivity index (χ0v) is 17.5. The first kappa shape index (κ1) is 21.9. The lowest BCUT2D eigenvalue weighted by Crippen LogP contribution is -2.48. The Balaban J connectivity index is 1.53. The summed E-state index contributed by atoms with van der Waals surface area (Å²) in [5.74, 6) is -0.322. The monoisotopic (exact) mass is 419 g/mol. The van der Waals surface area contributed by atoms with E-state index in [2.05, 4.69) is 16.0 Å². The van der Waals surface area contributed by atoms with Gasteiger partial charge in [0.25, 0.3) is 0 Å². The smallest absolute Gasteiger partial charge is 0.321 e. The number of hydrogen-bond acceptors (Lipinski definition) is 3. The van der Waals surface area contributed by atoms with E-state index < -0.39 is 11.8 Å². The highest BCUT2D eigenvalue weighted by Crippen LogP contribution is 2.24. The first-order chi connectivity index (χ1) is 14.4. The van der Waals surface area contributed by atoms with Gasteiger partial charge in [0.05, 0.1) is 5.69 Å². The summed E-state index contributed by atoms with van der Waals surface area (Å²) in [6.45, 7) is 6.27. The number of nitrogens with one attached hydrogen (secondary N) is 3. The molecule has 0 radical (unpaired) electrons. The molecule has 0 atom stereocenters. The van der Waals surface area contributed by atoms with E-state index >= 15 is 0 Å². The molecule has 0 aliphatic carbocycles. The van der Waals surface area contributed by atoms with Crippen molar-refractivity contribution < 1.29 is 18.8 Å². The Hall–Kier alpha value is -2.84. The van der Waals surface area contributed by atoms with Crippen LogP contribution in [-0.2, 0) is 4.79 Å². The number of carbonyl (C=O) groups is 3. The summed E-state index contributed by atoms with van der Waals surface area (Å²) in [5.41, 5.74) is 0.543. The van der Waals surface area contributed by atoms with Crippen molar-refractivity contribution in [3.63, 3.8) is 0 Å². The summed E-state index contributed by atoms with van der Waals surface area (Å²) in [6.07, 6.45) is 2.99. The molecule has 30 heavy (non-hydrogen) atoms. The third kappa shape index (κ3) is 5.01. The molecule has 0 aromatic heterocycles. The fraction of sp³-hybridized carbons (Fsp3) is 0.571. The molecule has 8 nitrogen and oxygen atoms in total. The van der Waals surface area contributed by atoms with E-state index in [0.717, 1.165) is 12.8 Å². The summed E-state index contributed by atoms with van der Waals surface area (Å²) in [4.78, 5) is 40.0. The molecule has 3 N–H and O–H groups in total. The van der Waals surface area contributed by atoms with Crippen LogP contribution in [0.25, 0.3) is 0 Å². The van der Waals surface area contributed by atoms with Crippen molar-refractivity contribution in [2.24, 2.45) is 5.92 Å². The lowest BCUT2D eigenvalue weighted by molar-refractivity contribution is -0.136. The molecule has 2 fully saturated rings. The predicted octanol–water partition coefficient (Wildman–Crippen LogP) is 2.90. The van der Waals surface area contributed by atoms with E-state index in [9.17, 15) is 18.8 Å². The molecule has 2 heterocycles. The second-order valence-corrected chi connectivity index (χ2v) is 7.76. The van der Waals surface area contributed by atoms with Gasteiger partial charge < -0.3 is 20.9 Å². The number of urea groups is 2. The van der Waals surface area contributed by atoms with E-state index in [1.807, 2.05) is 18.7 Å². The molecule has 2 saturated heterocycles. The van der Waals surface area contributed by atoms with E-state index in [-0.39, 0.29) is 29.6 Å². The highest BCUT2D eigenvalue weighted by Gasteiger charge is 2.27. The van der Waals surface area contributed by atoms with Crippen LogP contribution in [0.15, 0.2) is 18.2 Å². The summed E-state index contributed by atoms with van der Waals surface area (Å²) in [7, 11) is 0. The molecular formula is C21H30FN5O3. The normalized spacial score (nSPS) is 17.3. The molecule has 5 amide bonds. The highest BCUT2D eigenvalue weighted by atomic mass is 19.1. The maximum Gasteiger partial charge on any atom is 0.321 e. The van der Waals surface area contributed by atoms with Crippen LogP contribution in [0.2, 0.25) is 0 Å². The predicted molar refractivity (Wildman–Crippen MR) is 113 cm³/mol. The van der Waals surface area contributed by atoms with E-state index in [1.54, 1.807) is 0 Å². The average Bonchev–Trinajstić information content (AvgIpc) is 3.17. The Kier molecular flexibility index (Phi) is 7.12. The van der Waals surface area contributed by atoms with Gasteiger partial charge in [0.2, 0.25) is 5.91 Å². The van der Waals surface area contributed by atoms with Gasteiger partial charge in [-0.2, -0.15) is 0 Å². The van der Waals surface area contributed by atoms with Gasteiger partial charge >= 0.3 is 12.1 Å². The molecule has 0 unspecified atom stereocenters. The van der Waals surface area contributed by atoms with Crippen LogP contribution in [0.4, 0.5) is 25.4 Å². The molecule has 1 aromatic carbocycles. The molecule has 3 rings (SSSR count). The molecule has 0 bridgehead atoms. The van der Waals surface area contributed by atoms with Crippen molar-refractivity contribution in [2.75, 3.05) is 36.4 Å². The van der Waals surface area contributed by atoms with E-state index in [4.69, 9.17) is 0 Å². The van der Waals surface area contributed by atoms with Crippen molar-refractivity contribution in [1.29, 1.82) is 0 Å². The van der Waals surface area contributed by atoms with Gasteiger partial charge in [-0.15, -0.1) is 0 Å². The van der Waals surface area contributed by atoms with Gasteiger partial charge in [-0.3, -0.25) is 9.69 Å². The van der Waals surface area contributed by atoms with Crippen LogP contribution >= 0.6 is 0 Å². The third-order valence-corrected chi connectivity index (χ3v) is 5.84. The van der Waals surface area contributed by atoms with Crippen LogP contribution < -0.4 is 20.9 Å². The van der Waals surface area contributed by atoms with E-state index in [0.29, 0.717) is 44.7 Å². The van der Waals surface area contributed by atoms with Crippen molar-refractivity contribution in [3.05, 3.63) is 24.0 Å². The zero-order chi connectivity index (χ0) is 21.7. The third-order valence-electron chi connectivity index (χ3n) is 5.84. The molecule has 164 valence electrons. The second-order valence-electron chi connectivity index (χ2n) is 7.76. The minimum atomic E-state index is -0.570. The Labute approximate surface area is 176 Å². The Bertz CT molecular complexity index is 791. The van der Waals surface area contributed by atoms with Crippen molar-refractivity contribution in [1.82, 2.24) is 15.5 Å². The highest BCUT2D eigenvalue weighted by molar-refractivity contribution is 5.96. The van der Waals surface area contributed by atoms with Crippen LogP contribution in [-0.4, -0.2) is 55.1 Å². The first-order valence-corrected chi connectivity index (χ1v) is 10.6. The minimum absolute atomic E-state index is 0.0195. The standard InChI is InChI=1S/C21H30FN5O3/c1-3-14(4-2)19(28)26-10-7-15(8-11-26)24-20(29)25-18-13-16(5-6-17(18)22)27-12-9-23-21(27)30/h5-6,13-15H,3-4,7-12H2,1-2H3,(H,23,30)(H2,24,25,29). The molecule has 2 aliphatic rings. The molecular weight excluding hydrogens is 389 g/mol. The van der Waals surface area contributed by atoms with Crippen LogP contribution in [0, 0.1) is 11.7 Å². The summed E-state index contributed by atoms with van der Waals surface area (Å²) in [6, 6.07) is 3.38. The van der Waals surface area contributed by atoms with Gasteiger partial charge in [0.15, 0.2) is 0 Å². The number of benzene rings is 1.